The van der Waals surface area contributed by atoms with E-state index in [9.17, 15) is 4.79 Å². The number of likely N-dealkylation sites (tertiary alicyclic amines) is 1. The SMILES string of the molecule is CCNC(=NCc1ccccc1CN(C)C)N1CCCC(CC(N)=O)C1. The van der Waals surface area contributed by atoms with Crippen LogP contribution in [0.15, 0.2) is 29.3 Å². The third kappa shape index (κ3) is 6.33. The molecule has 1 amide bonds. The highest BCUT2D eigenvalue weighted by Gasteiger charge is 2.23. The van der Waals surface area contributed by atoms with Gasteiger partial charge in [0.05, 0.1) is 6.54 Å². The molecule has 1 saturated heterocycles. The minimum absolute atomic E-state index is 0.212. The van der Waals surface area contributed by atoms with Crippen LogP contribution in [0.25, 0.3) is 0 Å². The first-order valence-corrected chi connectivity index (χ1v) is 9.52. The normalized spacial score (nSPS) is 18.2. The van der Waals surface area contributed by atoms with E-state index in [1.54, 1.807) is 0 Å². The number of piperidine rings is 1. The van der Waals surface area contributed by atoms with Crippen molar-refractivity contribution in [3.8, 4) is 0 Å². The maximum atomic E-state index is 11.3. The van der Waals surface area contributed by atoms with Gasteiger partial charge in [-0.2, -0.15) is 0 Å². The summed E-state index contributed by atoms with van der Waals surface area (Å²) >= 11 is 0. The molecule has 6 heteroatoms. The van der Waals surface area contributed by atoms with Crippen LogP contribution in [0.5, 0.6) is 0 Å². The van der Waals surface area contributed by atoms with Crippen LogP contribution in [0, 0.1) is 5.92 Å². The molecular formula is C20H33N5O. The molecule has 0 aromatic heterocycles. The summed E-state index contributed by atoms with van der Waals surface area (Å²) in [4.78, 5) is 20.6. The second-order valence-corrected chi connectivity index (χ2v) is 7.30. The van der Waals surface area contributed by atoms with Crippen molar-refractivity contribution in [3.63, 3.8) is 0 Å². The van der Waals surface area contributed by atoms with Gasteiger partial charge in [0.25, 0.3) is 0 Å². The van der Waals surface area contributed by atoms with Crippen LogP contribution in [0.1, 0.15) is 37.3 Å². The van der Waals surface area contributed by atoms with Gasteiger partial charge in [-0.15, -0.1) is 0 Å². The monoisotopic (exact) mass is 359 g/mol. The summed E-state index contributed by atoms with van der Waals surface area (Å²) in [6.07, 6.45) is 2.59. The Balaban J connectivity index is 2.10. The third-order valence-electron chi connectivity index (χ3n) is 4.65. The molecule has 0 bridgehead atoms. The number of hydrogen-bond donors (Lipinski definition) is 2. The molecule has 0 spiro atoms. The number of amides is 1. The van der Waals surface area contributed by atoms with Gasteiger partial charge in [-0.25, -0.2) is 4.99 Å². The van der Waals surface area contributed by atoms with Crippen LogP contribution in [-0.4, -0.2) is 55.4 Å². The largest absolute Gasteiger partial charge is 0.370 e. The number of nitrogens with zero attached hydrogens (tertiary/aromatic N) is 3. The lowest BCUT2D eigenvalue weighted by atomic mass is 9.95. The fraction of sp³-hybridized carbons (Fsp3) is 0.600. The minimum Gasteiger partial charge on any atom is -0.370 e. The summed E-state index contributed by atoms with van der Waals surface area (Å²) in [6, 6.07) is 8.47. The zero-order valence-electron chi connectivity index (χ0n) is 16.4. The van der Waals surface area contributed by atoms with Crippen molar-refractivity contribution in [1.29, 1.82) is 0 Å². The third-order valence-corrected chi connectivity index (χ3v) is 4.65. The van der Waals surface area contributed by atoms with E-state index in [0.717, 1.165) is 45.0 Å². The van der Waals surface area contributed by atoms with E-state index in [4.69, 9.17) is 10.7 Å². The Morgan fingerprint density at radius 3 is 2.73 bits per heavy atom. The Morgan fingerprint density at radius 2 is 2.08 bits per heavy atom. The second-order valence-electron chi connectivity index (χ2n) is 7.30. The fourth-order valence-electron chi connectivity index (χ4n) is 3.50. The van der Waals surface area contributed by atoms with Crippen LogP contribution >= 0.6 is 0 Å². The number of primary amides is 1. The van der Waals surface area contributed by atoms with Gasteiger partial charge in [-0.3, -0.25) is 4.79 Å². The topological polar surface area (TPSA) is 74.0 Å². The molecule has 1 aliphatic heterocycles. The summed E-state index contributed by atoms with van der Waals surface area (Å²) in [5, 5.41) is 3.41. The summed E-state index contributed by atoms with van der Waals surface area (Å²) in [7, 11) is 4.16. The maximum absolute atomic E-state index is 11.3. The van der Waals surface area contributed by atoms with Crippen molar-refractivity contribution in [2.45, 2.75) is 39.3 Å². The molecule has 1 aromatic rings. The first-order chi connectivity index (χ1) is 12.5. The Bertz CT molecular complexity index is 614. The molecule has 6 nitrogen and oxygen atoms in total. The first kappa shape index (κ1) is 20.2. The van der Waals surface area contributed by atoms with Crippen molar-refractivity contribution in [3.05, 3.63) is 35.4 Å². The molecule has 0 saturated carbocycles. The Hall–Kier alpha value is -2.08. The smallest absolute Gasteiger partial charge is 0.217 e. The number of benzene rings is 1. The molecule has 1 fully saturated rings. The van der Waals surface area contributed by atoms with Gasteiger partial charge >= 0.3 is 0 Å². The summed E-state index contributed by atoms with van der Waals surface area (Å²) < 4.78 is 0. The molecule has 1 aliphatic rings. The maximum Gasteiger partial charge on any atom is 0.217 e. The zero-order valence-corrected chi connectivity index (χ0v) is 16.4. The number of carbonyl (C=O) groups is 1. The lowest BCUT2D eigenvalue weighted by Gasteiger charge is -2.34. The number of carbonyl (C=O) groups excluding carboxylic acids is 1. The Morgan fingerprint density at radius 1 is 1.35 bits per heavy atom. The molecule has 2 rings (SSSR count). The van der Waals surface area contributed by atoms with E-state index in [-0.39, 0.29) is 5.91 Å². The summed E-state index contributed by atoms with van der Waals surface area (Å²) in [5.74, 6) is 1.05. The number of nitrogens with one attached hydrogen (secondary N) is 1. The van der Waals surface area contributed by atoms with E-state index >= 15 is 0 Å². The van der Waals surface area contributed by atoms with Gasteiger partial charge in [0.15, 0.2) is 5.96 Å². The lowest BCUT2D eigenvalue weighted by Crippen LogP contribution is -2.47. The molecule has 1 heterocycles. The van der Waals surface area contributed by atoms with E-state index in [1.807, 2.05) is 0 Å². The van der Waals surface area contributed by atoms with Crippen LogP contribution in [-0.2, 0) is 17.9 Å². The van der Waals surface area contributed by atoms with Crippen LogP contribution in [0.3, 0.4) is 0 Å². The van der Waals surface area contributed by atoms with Gasteiger partial charge in [0, 0.05) is 32.6 Å². The number of guanidine groups is 1. The van der Waals surface area contributed by atoms with Gasteiger partial charge < -0.3 is 20.9 Å². The molecule has 26 heavy (non-hydrogen) atoms. The molecule has 0 radical (unpaired) electrons. The van der Waals surface area contributed by atoms with Crippen LogP contribution < -0.4 is 11.1 Å². The highest BCUT2D eigenvalue weighted by Crippen LogP contribution is 2.20. The van der Waals surface area contributed by atoms with E-state index in [0.29, 0.717) is 18.9 Å². The average Bonchev–Trinajstić information content (AvgIpc) is 2.59. The van der Waals surface area contributed by atoms with Crippen LogP contribution in [0.2, 0.25) is 0 Å². The molecule has 1 atom stereocenters. The van der Waals surface area contributed by atoms with E-state index in [1.165, 1.54) is 11.1 Å². The highest BCUT2D eigenvalue weighted by atomic mass is 16.1. The van der Waals surface area contributed by atoms with Gasteiger partial charge in [0.1, 0.15) is 0 Å². The van der Waals surface area contributed by atoms with Crippen molar-refractivity contribution in [2.75, 3.05) is 33.7 Å². The molecule has 144 valence electrons. The summed E-state index contributed by atoms with van der Waals surface area (Å²) in [5.41, 5.74) is 7.95. The van der Waals surface area contributed by atoms with Crippen molar-refractivity contribution in [2.24, 2.45) is 16.6 Å². The Labute approximate surface area is 157 Å². The lowest BCUT2D eigenvalue weighted by molar-refractivity contribution is -0.119. The molecule has 0 aliphatic carbocycles. The van der Waals surface area contributed by atoms with E-state index < -0.39 is 0 Å². The predicted molar refractivity (Wildman–Crippen MR) is 107 cm³/mol. The van der Waals surface area contributed by atoms with Crippen molar-refractivity contribution in [1.82, 2.24) is 15.1 Å². The zero-order chi connectivity index (χ0) is 18.9. The number of aliphatic imine (C=N–C) groups is 1. The number of rotatable bonds is 7. The standard InChI is InChI=1S/C20H33N5O/c1-4-22-20(25-11-7-8-16(14-25)12-19(21)26)23-13-17-9-5-6-10-18(17)15-24(2)3/h5-6,9-10,16H,4,7-8,11-15H2,1-3H3,(H2,21,26)(H,22,23). The number of hydrogen-bond acceptors (Lipinski definition) is 3. The molecule has 1 unspecified atom stereocenters. The molecular weight excluding hydrogens is 326 g/mol. The predicted octanol–water partition coefficient (Wildman–Crippen LogP) is 1.80. The van der Waals surface area contributed by atoms with Gasteiger partial charge in [-0.05, 0) is 50.9 Å². The fourth-order valence-corrected chi connectivity index (χ4v) is 3.50. The highest BCUT2D eigenvalue weighted by molar-refractivity contribution is 5.80. The Kier molecular flexibility index (Phi) is 7.91. The molecule has 3 N–H and O–H groups in total. The average molecular weight is 360 g/mol. The van der Waals surface area contributed by atoms with Crippen LogP contribution in [0.4, 0.5) is 0 Å². The minimum atomic E-state index is -0.212. The molecule has 1 aromatic carbocycles. The summed E-state index contributed by atoms with van der Waals surface area (Å²) in [6.45, 7) is 6.29. The second kappa shape index (κ2) is 10.2. The van der Waals surface area contributed by atoms with Crippen molar-refractivity contribution >= 4 is 11.9 Å². The quantitative estimate of drug-likeness (QED) is 0.575. The first-order valence-electron chi connectivity index (χ1n) is 9.52. The van der Waals surface area contributed by atoms with Crippen molar-refractivity contribution < 1.29 is 4.79 Å². The number of nitrogens with two attached hydrogens (primary N) is 1. The van der Waals surface area contributed by atoms with Gasteiger partial charge in [-0.1, -0.05) is 24.3 Å². The van der Waals surface area contributed by atoms with E-state index in [2.05, 4.69) is 60.4 Å². The van der Waals surface area contributed by atoms with Gasteiger partial charge in [0.2, 0.25) is 5.91 Å².